The van der Waals surface area contributed by atoms with E-state index in [2.05, 4.69) is 19.2 Å². The summed E-state index contributed by atoms with van der Waals surface area (Å²) >= 11 is 4.94. The van der Waals surface area contributed by atoms with E-state index in [1.165, 1.54) is 12.1 Å². The lowest BCUT2D eigenvalue weighted by atomic mass is 9.89. The molecule has 106 valence electrons. The fraction of sp³-hybridized carbons (Fsp3) is 0.500. The Balaban J connectivity index is 2.75. The number of halogens is 1. The quantitative estimate of drug-likeness (QED) is 0.756. The first-order chi connectivity index (χ1) is 8.85. The van der Waals surface area contributed by atoms with Crippen molar-refractivity contribution in [1.82, 2.24) is 0 Å². The molecule has 0 spiro atoms. The van der Waals surface area contributed by atoms with E-state index in [9.17, 15) is 4.39 Å². The lowest BCUT2D eigenvalue weighted by Crippen LogP contribution is -2.25. The van der Waals surface area contributed by atoms with Gasteiger partial charge in [-0.05, 0) is 30.0 Å². The molecule has 0 unspecified atom stereocenters. The zero-order valence-electron chi connectivity index (χ0n) is 11.6. The first-order valence-corrected chi connectivity index (χ1v) is 6.59. The van der Waals surface area contributed by atoms with Crippen LogP contribution in [0.3, 0.4) is 0 Å². The minimum Gasteiger partial charge on any atom is -0.389 e. The lowest BCUT2D eigenvalue weighted by Gasteiger charge is -2.26. The molecule has 0 aliphatic rings. The van der Waals surface area contributed by atoms with Crippen LogP contribution in [-0.4, -0.2) is 25.2 Å². The van der Waals surface area contributed by atoms with E-state index in [-0.39, 0.29) is 16.2 Å². The fourth-order valence-electron chi connectivity index (χ4n) is 1.68. The van der Waals surface area contributed by atoms with Crippen molar-refractivity contribution in [3.05, 3.63) is 29.6 Å². The van der Waals surface area contributed by atoms with Gasteiger partial charge in [-0.25, -0.2) is 4.39 Å². The minimum atomic E-state index is -0.341. The highest BCUT2D eigenvalue weighted by Gasteiger charge is 2.18. The van der Waals surface area contributed by atoms with Crippen LogP contribution in [0.15, 0.2) is 18.2 Å². The first-order valence-electron chi connectivity index (χ1n) is 6.18. The number of benzene rings is 1. The van der Waals surface area contributed by atoms with Gasteiger partial charge in [-0.15, -0.1) is 0 Å². The summed E-state index contributed by atoms with van der Waals surface area (Å²) in [5, 5.41) is 3.28. The van der Waals surface area contributed by atoms with Crippen molar-refractivity contribution in [3.8, 4) is 0 Å². The van der Waals surface area contributed by atoms with Crippen LogP contribution in [-0.2, 0) is 4.74 Å². The van der Waals surface area contributed by atoms with Gasteiger partial charge in [0.1, 0.15) is 10.8 Å². The van der Waals surface area contributed by atoms with E-state index < -0.39 is 0 Å². The molecule has 1 aromatic carbocycles. The highest BCUT2D eigenvalue weighted by atomic mass is 32.1. The maximum atomic E-state index is 13.2. The third-order valence-electron chi connectivity index (χ3n) is 2.99. The highest BCUT2D eigenvalue weighted by molar-refractivity contribution is 7.80. The first kappa shape index (κ1) is 15.9. The van der Waals surface area contributed by atoms with Crippen LogP contribution >= 0.6 is 12.2 Å². The van der Waals surface area contributed by atoms with Gasteiger partial charge in [0.15, 0.2) is 0 Å². The Labute approximate surface area is 119 Å². The second-order valence-corrected chi connectivity index (χ2v) is 5.75. The summed E-state index contributed by atoms with van der Waals surface area (Å²) in [7, 11) is 1.69. The summed E-state index contributed by atoms with van der Waals surface area (Å²) in [5.74, 6) is -0.341. The van der Waals surface area contributed by atoms with E-state index in [0.29, 0.717) is 12.2 Å². The van der Waals surface area contributed by atoms with Crippen LogP contribution in [0.25, 0.3) is 0 Å². The predicted molar refractivity (Wildman–Crippen MR) is 81.1 cm³/mol. The van der Waals surface area contributed by atoms with E-state index in [1.807, 2.05) is 0 Å². The van der Waals surface area contributed by atoms with Gasteiger partial charge in [-0.1, -0.05) is 26.1 Å². The highest BCUT2D eigenvalue weighted by Crippen LogP contribution is 2.23. The van der Waals surface area contributed by atoms with E-state index in [0.717, 1.165) is 18.7 Å². The molecular weight excluding hydrogens is 263 g/mol. The van der Waals surface area contributed by atoms with Gasteiger partial charge >= 0.3 is 0 Å². The molecule has 19 heavy (non-hydrogen) atoms. The molecule has 0 amide bonds. The van der Waals surface area contributed by atoms with Crippen molar-refractivity contribution in [2.45, 2.75) is 20.3 Å². The Morgan fingerprint density at radius 1 is 1.47 bits per heavy atom. The summed E-state index contributed by atoms with van der Waals surface area (Å²) in [6, 6.07) is 4.41. The molecule has 0 saturated carbocycles. The van der Waals surface area contributed by atoms with E-state index in [4.69, 9.17) is 22.7 Å². The van der Waals surface area contributed by atoms with Gasteiger partial charge in [0, 0.05) is 31.5 Å². The lowest BCUT2D eigenvalue weighted by molar-refractivity contribution is 0.157. The summed E-state index contributed by atoms with van der Waals surface area (Å²) in [6.07, 6.45) is 0.931. The summed E-state index contributed by atoms with van der Waals surface area (Å²) in [6.45, 7) is 5.73. The monoisotopic (exact) mass is 284 g/mol. The molecule has 1 aromatic rings. The molecule has 0 saturated heterocycles. The molecule has 0 aliphatic carbocycles. The zero-order chi connectivity index (χ0) is 14.5. The third kappa shape index (κ3) is 5.12. The molecule has 0 radical (unpaired) electrons. The second kappa shape index (κ2) is 6.82. The normalized spacial score (nSPS) is 11.4. The van der Waals surface area contributed by atoms with E-state index >= 15 is 0 Å². The number of nitrogens with two attached hydrogens (primary N) is 1. The Morgan fingerprint density at radius 3 is 2.74 bits per heavy atom. The van der Waals surface area contributed by atoms with Crippen LogP contribution in [0.1, 0.15) is 25.8 Å². The van der Waals surface area contributed by atoms with Gasteiger partial charge < -0.3 is 15.8 Å². The number of ether oxygens (including phenoxy) is 1. The molecule has 0 atom stereocenters. The molecule has 0 aromatic heterocycles. The maximum Gasteiger partial charge on any atom is 0.124 e. The van der Waals surface area contributed by atoms with Crippen molar-refractivity contribution in [2.75, 3.05) is 25.6 Å². The summed E-state index contributed by atoms with van der Waals surface area (Å²) in [5.41, 5.74) is 6.98. The van der Waals surface area contributed by atoms with Crippen LogP contribution in [0.2, 0.25) is 0 Å². The summed E-state index contributed by atoms with van der Waals surface area (Å²) in [4.78, 5) is 0.191. The molecule has 3 N–H and O–H groups in total. The number of thiocarbonyl (C=S) groups is 1. The SMILES string of the molecule is COCCC(C)(C)CNc1ccc(F)cc1C(N)=S. The average Bonchev–Trinajstić information content (AvgIpc) is 2.35. The maximum absolute atomic E-state index is 13.2. The summed E-state index contributed by atoms with van der Waals surface area (Å²) < 4.78 is 18.3. The Kier molecular flexibility index (Phi) is 5.69. The van der Waals surface area contributed by atoms with Gasteiger partial charge in [0.25, 0.3) is 0 Å². The largest absolute Gasteiger partial charge is 0.389 e. The second-order valence-electron chi connectivity index (χ2n) is 5.31. The van der Waals surface area contributed by atoms with Crippen molar-refractivity contribution >= 4 is 22.9 Å². The van der Waals surface area contributed by atoms with E-state index in [1.54, 1.807) is 13.2 Å². The molecular formula is C14H21FN2OS. The Morgan fingerprint density at radius 2 is 2.16 bits per heavy atom. The van der Waals surface area contributed by atoms with Crippen LogP contribution in [0.4, 0.5) is 10.1 Å². The molecule has 0 fully saturated rings. The average molecular weight is 284 g/mol. The third-order valence-corrected chi connectivity index (χ3v) is 3.21. The number of methoxy groups -OCH3 is 1. The molecule has 0 heterocycles. The number of anilines is 1. The minimum absolute atomic E-state index is 0.0673. The van der Waals surface area contributed by atoms with Crippen LogP contribution in [0.5, 0.6) is 0 Å². The molecule has 5 heteroatoms. The number of rotatable bonds is 7. The van der Waals surface area contributed by atoms with Gasteiger partial charge in [0.05, 0.1) is 0 Å². The number of hydrogen-bond donors (Lipinski definition) is 2. The standard InChI is InChI=1S/C14H21FN2OS/c1-14(2,6-7-18-3)9-17-12-5-4-10(15)8-11(12)13(16)19/h4-5,8,17H,6-7,9H2,1-3H3,(H2,16,19). The van der Waals surface area contributed by atoms with Crippen LogP contribution in [0, 0.1) is 11.2 Å². The van der Waals surface area contributed by atoms with Gasteiger partial charge in [-0.3, -0.25) is 0 Å². The number of nitrogens with one attached hydrogen (secondary N) is 1. The van der Waals surface area contributed by atoms with Crippen molar-refractivity contribution < 1.29 is 9.13 Å². The van der Waals surface area contributed by atoms with Crippen molar-refractivity contribution in [3.63, 3.8) is 0 Å². The molecule has 3 nitrogen and oxygen atoms in total. The van der Waals surface area contributed by atoms with Gasteiger partial charge in [-0.2, -0.15) is 0 Å². The van der Waals surface area contributed by atoms with Crippen molar-refractivity contribution in [1.29, 1.82) is 0 Å². The van der Waals surface area contributed by atoms with Crippen molar-refractivity contribution in [2.24, 2.45) is 11.1 Å². The topological polar surface area (TPSA) is 47.3 Å². The van der Waals surface area contributed by atoms with Gasteiger partial charge in [0.2, 0.25) is 0 Å². The van der Waals surface area contributed by atoms with Crippen LogP contribution < -0.4 is 11.1 Å². The molecule has 0 bridgehead atoms. The Hall–Kier alpha value is -1.20. The number of hydrogen-bond acceptors (Lipinski definition) is 3. The fourth-order valence-corrected chi connectivity index (χ4v) is 1.84. The molecule has 0 aliphatic heterocycles. The zero-order valence-corrected chi connectivity index (χ0v) is 12.4. The Bertz CT molecular complexity index is 449. The predicted octanol–water partition coefficient (Wildman–Crippen LogP) is 2.93. The smallest absolute Gasteiger partial charge is 0.124 e. The molecule has 1 rings (SSSR count).